The van der Waals surface area contributed by atoms with Crippen LogP contribution in [0.2, 0.25) is 20.2 Å². The number of carbonyl (C=O) groups is 1. The van der Waals surface area contributed by atoms with Crippen LogP contribution < -0.4 is 4.74 Å². The summed E-state index contributed by atoms with van der Waals surface area (Å²) in [7, 11) is -5.06. The second kappa shape index (κ2) is 6.46. The first-order valence-corrected chi connectivity index (χ1v) is 8.75. The van der Waals surface area contributed by atoms with Gasteiger partial charge in [0.05, 0.1) is 5.02 Å². The fourth-order valence-corrected chi connectivity index (χ4v) is 3.64. The summed E-state index contributed by atoms with van der Waals surface area (Å²) in [6.45, 7) is 0. The molecule has 0 aliphatic carbocycles. The van der Waals surface area contributed by atoms with Crippen LogP contribution in [0.5, 0.6) is 5.75 Å². The second-order valence-corrected chi connectivity index (χ2v) is 7.21. The van der Waals surface area contributed by atoms with Crippen LogP contribution in [-0.4, -0.2) is 18.8 Å². The number of hydrogen-bond acceptors (Lipinski definition) is 6. The van der Waals surface area contributed by atoms with E-state index in [-0.39, 0.29) is 20.8 Å². The van der Waals surface area contributed by atoms with Gasteiger partial charge in [-0.1, -0.05) is 46.4 Å². The minimum atomic E-state index is -5.06. The Bertz CT molecular complexity index is 868. The number of ether oxygens (including phenoxy) is 1. The zero-order chi connectivity index (χ0) is 16.7. The Kier molecular flexibility index (Phi) is 5.20. The van der Waals surface area contributed by atoms with Crippen molar-refractivity contribution in [2.24, 2.45) is 0 Å². The third kappa shape index (κ3) is 3.47. The highest BCUT2D eigenvalue weighted by atomic mass is 35.5. The topological polar surface area (TPSA) is 73.3 Å². The lowest BCUT2D eigenvalue weighted by molar-refractivity contribution is 0.0740. The van der Waals surface area contributed by atoms with Crippen molar-refractivity contribution in [2.75, 3.05) is 0 Å². The summed E-state index contributed by atoms with van der Waals surface area (Å²) >= 11 is 23.5. The van der Waals surface area contributed by atoms with E-state index in [0.29, 0.717) is 11.5 Å². The molecule has 12 heteroatoms. The minimum absolute atomic E-state index is 0.0679. The van der Waals surface area contributed by atoms with E-state index in [1.54, 1.807) is 0 Å². The van der Waals surface area contributed by atoms with Crippen molar-refractivity contribution < 1.29 is 21.8 Å². The molecule has 5 nitrogen and oxygen atoms in total. The normalized spacial score (nSPS) is 11.5. The molecule has 0 spiro atoms. The van der Waals surface area contributed by atoms with Crippen LogP contribution in [0.1, 0.15) is 9.67 Å². The highest BCUT2D eigenvalue weighted by molar-refractivity contribution is 7.86. The third-order valence-electron chi connectivity index (χ3n) is 2.26. The van der Waals surface area contributed by atoms with Gasteiger partial charge in [-0.3, -0.25) is 0 Å². The summed E-state index contributed by atoms with van der Waals surface area (Å²) in [5.41, 5.74) is 0. The first kappa shape index (κ1) is 17.7. The molecular weight excluding hydrogens is 423 g/mol. The third-order valence-corrected chi connectivity index (χ3v) is 5.88. The highest BCUT2D eigenvalue weighted by Crippen LogP contribution is 2.38. The van der Waals surface area contributed by atoms with E-state index < -0.39 is 31.1 Å². The molecule has 0 fully saturated rings. The number of rotatable bonds is 3. The fraction of sp³-hybridized carbons (Fsp3) is 0. The van der Waals surface area contributed by atoms with Crippen LogP contribution >= 0.6 is 57.9 Å². The lowest BCUT2D eigenvalue weighted by Crippen LogP contribution is -2.08. The quantitative estimate of drug-likeness (QED) is 0.407. The van der Waals surface area contributed by atoms with Crippen LogP contribution in [0.4, 0.5) is 3.89 Å². The molecule has 0 bridgehead atoms. The number of esters is 1. The van der Waals surface area contributed by atoms with Gasteiger partial charge < -0.3 is 4.74 Å². The van der Waals surface area contributed by atoms with Gasteiger partial charge in [0.2, 0.25) is 0 Å². The van der Waals surface area contributed by atoms with Gasteiger partial charge in [0, 0.05) is 0 Å². The number of hydrogen-bond donors (Lipinski definition) is 0. The standard InChI is InChI=1S/C10H2Cl4FNO4S2/c11-5-3(1-2-4(6(5)12)22(15,18)19)20-10(17)8-7(13)9(14)16-21-8/h1-2H. The van der Waals surface area contributed by atoms with Gasteiger partial charge in [0.15, 0.2) is 15.8 Å². The monoisotopic (exact) mass is 423 g/mol. The number of aromatic nitrogens is 1. The highest BCUT2D eigenvalue weighted by Gasteiger charge is 2.24. The largest absolute Gasteiger partial charge is 0.421 e. The average molecular weight is 425 g/mol. The molecule has 0 saturated carbocycles. The number of carbonyl (C=O) groups excluding carboxylic acids is 1. The maximum Gasteiger partial charge on any atom is 0.357 e. The molecular formula is C10H2Cl4FNO4S2. The molecule has 1 heterocycles. The van der Waals surface area contributed by atoms with Gasteiger partial charge in [-0.05, 0) is 23.7 Å². The Hall–Kier alpha value is -0.640. The predicted molar refractivity (Wildman–Crippen MR) is 81.8 cm³/mol. The molecule has 0 aliphatic rings. The Labute approximate surface area is 147 Å². The van der Waals surface area contributed by atoms with Gasteiger partial charge in [-0.15, -0.1) is 3.89 Å². The van der Waals surface area contributed by atoms with Crippen molar-refractivity contribution in [1.82, 2.24) is 4.37 Å². The fourth-order valence-electron chi connectivity index (χ4n) is 1.31. The van der Waals surface area contributed by atoms with E-state index in [0.717, 1.165) is 12.1 Å². The van der Waals surface area contributed by atoms with Crippen molar-refractivity contribution in [2.45, 2.75) is 4.90 Å². The molecule has 2 rings (SSSR count). The van der Waals surface area contributed by atoms with E-state index in [9.17, 15) is 17.1 Å². The number of benzene rings is 1. The molecule has 118 valence electrons. The van der Waals surface area contributed by atoms with Gasteiger partial charge in [0.1, 0.15) is 14.9 Å². The molecule has 22 heavy (non-hydrogen) atoms. The van der Waals surface area contributed by atoms with Crippen molar-refractivity contribution >= 4 is 74.1 Å². The number of nitrogens with zero attached hydrogens (tertiary/aromatic N) is 1. The zero-order valence-electron chi connectivity index (χ0n) is 9.94. The second-order valence-electron chi connectivity index (χ2n) is 3.63. The Morgan fingerprint density at radius 3 is 2.27 bits per heavy atom. The lowest BCUT2D eigenvalue weighted by Gasteiger charge is -2.08. The summed E-state index contributed by atoms with van der Waals surface area (Å²) in [5.74, 6) is -1.20. The molecule has 2 aromatic rings. The molecule has 0 radical (unpaired) electrons. The van der Waals surface area contributed by atoms with Gasteiger partial charge >= 0.3 is 16.2 Å². The van der Waals surface area contributed by atoms with Crippen molar-refractivity contribution in [1.29, 1.82) is 0 Å². The molecule has 0 aliphatic heterocycles. The van der Waals surface area contributed by atoms with Crippen molar-refractivity contribution in [3.8, 4) is 5.75 Å². The van der Waals surface area contributed by atoms with Crippen LogP contribution in [0.15, 0.2) is 17.0 Å². The summed E-state index contributed by atoms with van der Waals surface area (Å²) < 4.78 is 43.2. The first-order valence-electron chi connectivity index (χ1n) is 5.08. The van der Waals surface area contributed by atoms with E-state index in [4.69, 9.17) is 51.1 Å². The van der Waals surface area contributed by atoms with E-state index >= 15 is 0 Å². The predicted octanol–water partition coefficient (Wildman–Crippen LogP) is 4.63. The summed E-state index contributed by atoms with van der Waals surface area (Å²) in [4.78, 5) is 11.0. The minimum Gasteiger partial charge on any atom is -0.421 e. The molecule has 1 aromatic carbocycles. The van der Waals surface area contributed by atoms with Crippen LogP contribution in [-0.2, 0) is 10.2 Å². The summed E-state index contributed by atoms with van der Waals surface area (Å²) in [6.07, 6.45) is 0. The van der Waals surface area contributed by atoms with Crippen LogP contribution in [0.25, 0.3) is 0 Å². The van der Waals surface area contributed by atoms with E-state index in [1.807, 2.05) is 0 Å². The Morgan fingerprint density at radius 2 is 1.77 bits per heavy atom. The molecule has 0 atom stereocenters. The Morgan fingerprint density at radius 1 is 1.14 bits per heavy atom. The summed E-state index contributed by atoms with van der Waals surface area (Å²) in [5, 5.41) is -1.22. The average Bonchev–Trinajstić information content (AvgIpc) is 2.74. The maximum absolute atomic E-state index is 13.0. The zero-order valence-corrected chi connectivity index (χ0v) is 14.6. The van der Waals surface area contributed by atoms with Gasteiger partial charge in [-0.25, -0.2) is 4.79 Å². The first-order chi connectivity index (χ1) is 10.1. The molecule has 0 N–H and O–H groups in total. The summed E-state index contributed by atoms with van der Waals surface area (Å²) in [6, 6.07) is 1.79. The molecule has 1 aromatic heterocycles. The molecule has 0 saturated heterocycles. The maximum atomic E-state index is 13.0. The van der Waals surface area contributed by atoms with Gasteiger partial charge in [0.25, 0.3) is 0 Å². The smallest absolute Gasteiger partial charge is 0.357 e. The van der Waals surface area contributed by atoms with Crippen LogP contribution in [0.3, 0.4) is 0 Å². The molecule has 0 amide bonds. The van der Waals surface area contributed by atoms with Gasteiger partial charge in [-0.2, -0.15) is 12.8 Å². The van der Waals surface area contributed by atoms with E-state index in [2.05, 4.69) is 4.37 Å². The lowest BCUT2D eigenvalue weighted by atomic mass is 10.3. The van der Waals surface area contributed by atoms with Crippen molar-refractivity contribution in [3.05, 3.63) is 37.2 Å². The molecule has 0 unspecified atom stereocenters. The SMILES string of the molecule is O=C(Oc1ccc(S(=O)(=O)F)c(Cl)c1Cl)c1snc(Cl)c1Cl. The van der Waals surface area contributed by atoms with Crippen molar-refractivity contribution in [3.63, 3.8) is 0 Å². The Balaban J connectivity index is 2.37. The van der Waals surface area contributed by atoms with E-state index in [1.165, 1.54) is 0 Å². The number of halogens is 5. The van der Waals surface area contributed by atoms with Crippen LogP contribution in [0, 0.1) is 0 Å².